The summed E-state index contributed by atoms with van der Waals surface area (Å²) in [4.78, 5) is 11.9. The van der Waals surface area contributed by atoms with Crippen LogP contribution in [0.5, 0.6) is 0 Å². The normalized spacial score (nSPS) is 9.53. The molecule has 2 rings (SSSR count). The van der Waals surface area contributed by atoms with Gasteiger partial charge in [0, 0.05) is 17.8 Å². The molecule has 0 N–H and O–H groups in total. The van der Waals surface area contributed by atoms with E-state index in [1.54, 1.807) is 30.3 Å². The van der Waals surface area contributed by atoms with Gasteiger partial charge < -0.3 is 0 Å². The summed E-state index contributed by atoms with van der Waals surface area (Å²) in [5.41, 5.74) is 0.780. The van der Waals surface area contributed by atoms with Crippen molar-refractivity contribution in [3.63, 3.8) is 0 Å². The first kappa shape index (κ1) is 9.22. The molecule has 0 saturated heterocycles. The van der Waals surface area contributed by atoms with Crippen molar-refractivity contribution in [3.05, 3.63) is 59.9 Å². The average molecular weight is 195 g/mol. The Morgan fingerprint density at radius 3 is 2.73 bits per heavy atom. The van der Waals surface area contributed by atoms with Gasteiger partial charge >= 0.3 is 0 Å². The van der Waals surface area contributed by atoms with Crippen molar-refractivity contribution in [2.45, 2.75) is 0 Å². The lowest BCUT2D eigenvalue weighted by molar-refractivity contribution is 0.0959. The fourth-order valence-electron chi connectivity index (χ4n) is 1.31. The summed E-state index contributed by atoms with van der Waals surface area (Å²) < 4.78 is 1.29. The quantitative estimate of drug-likeness (QED) is 0.697. The van der Waals surface area contributed by atoms with Gasteiger partial charge in [-0.2, -0.15) is 5.26 Å². The fraction of sp³-hybridized carbons (Fsp3) is 0. The maximum absolute atomic E-state index is 11.9. The van der Waals surface area contributed by atoms with E-state index in [0.717, 1.165) is 0 Å². The molecule has 0 fully saturated rings. The molecule has 15 heavy (non-hydrogen) atoms. The molecule has 0 bridgehead atoms. The smallest absolute Gasteiger partial charge is 0.262 e. The highest BCUT2D eigenvalue weighted by Crippen LogP contribution is 2.06. The van der Waals surface area contributed by atoms with E-state index in [4.69, 9.17) is 5.26 Å². The highest BCUT2D eigenvalue weighted by Gasteiger charge is 2.10. The molecule has 0 amide bonds. The first-order chi connectivity index (χ1) is 7.33. The number of nitriles is 1. The predicted molar refractivity (Wildman–Crippen MR) is 54.2 cm³/mol. The number of nitrogens with zero attached hydrogens (tertiary/aromatic N) is 2. The lowest BCUT2D eigenvalue weighted by atomic mass is 10.2. The van der Waals surface area contributed by atoms with Crippen LogP contribution in [-0.4, -0.2) is 10.5 Å². The molecule has 3 heteroatoms. The summed E-state index contributed by atoms with van der Waals surface area (Å²) in [7, 11) is 0. The van der Waals surface area contributed by atoms with Crippen LogP contribution >= 0.6 is 0 Å². The topological polar surface area (TPSA) is 45.8 Å². The molecule has 1 aromatic carbocycles. The molecule has 0 unspecified atom stereocenters. The van der Waals surface area contributed by atoms with Crippen molar-refractivity contribution >= 4 is 5.91 Å². The van der Waals surface area contributed by atoms with Crippen molar-refractivity contribution in [2.75, 3.05) is 0 Å². The summed E-state index contributed by atoms with van der Waals surface area (Å²) in [6, 6.07) is 15.0. The Kier molecular flexibility index (Phi) is 2.34. The largest absolute Gasteiger partial charge is 0.274 e. The molecular weight excluding hydrogens is 188 g/mol. The van der Waals surface area contributed by atoms with E-state index in [-0.39, 0.29) is 11.6 Å². The van der Waals surface area contributed by atoms with Crippen LogP contribution < -0.4 is 0 Å². The second kappa shape index (κ2) is 3.81. The molecule has 1 heterocycles. The molecule has 0 saturated carbocycles. The lowest BCUT2D eigenvalue weighted by Crippen LogP contribution is -2.12. The van der Waals surface area contributed by atoms with E-state index >= 15 is 0 Å². The Bertz CT molecular complexity index is 520. The number of carbonyl (C=O) groups excluding carboxylic acids is 1. The average Bonchev–Trinajstić information content (AvgIpc) is 2.77. The van der Waals surface area contributed by atoms with E-state index < -0.39 is 0 Å². The molecule has 0 aliphatic rings. The van der Waals surface area contributed by atoms with E-state index in [2.05, 4.69) is 6.07 Å². The molecule has 1 aromatic heterocycles. The highest BCUT2D eigenvalue weighted by molar-refractivity contribution is 5.96. The van der Waals surface area contributed by atoms with Gasteiger partial charge in [-0.1, -0.05) is 18.2 Å². The Hall–Kier alpha value is -2.34. The Morgan fingerprint density at radius 1 is 1.33 bits per heavy atom. The van der Waals surface area contributed by atoms with Crippen LogP contribution in [0.25, 0.3) is 0 Å². The fourth-order valence-corrected chi connectivity index (χ4v) is 1.31. The van der Waals surface area contributed by atoms with E-state index in [0.29, 0.717) is 5.56 Å². The van der Waals surface area contributed by atoms with Gasteiger partial charge in [0.15, 0.2) is 0 Å². The maximum atomic E-state index is 11.9. The molecule has 71 valence electrons. The third-order valence-corrected chi connectivity index (χ3v) is 2.03. The molecule has 1 radical (unpaired) electrons. The van der Waals surface area contributed by atoms with Crippen LogP contribution in [0.1, 0.15) is 16.1 Å². The van der Waals surface area contributed by atoms with Gasteiger partial charge in [-0.25, -0.2) is 0 Å². The summed E-state index contributed by atoms with van der Waals surface area (Å²) in [6.07, 6.45) is 1.54. The Morgan fingerprint density at radius 2 is 2.07 bits per heavy atom. The molecular formula is C12H7N2O. The van der Waals surface area contributed by atoms with Gasteiger partial charge in [0.25, 0.3) is 5.91 Å². The number of hydrogen-bond acceptors (Lipinski definition) is 2. The van der Waals surface area contributed by atoms with Crippen molar-refractivity contribution < 1.29 is 4.79 Å². The third-order valence-electron chi connectivity index (χ3n) is 2.03. The van der Waals surface area contributed by atoms with Crippen LogP contribution in [0, 0.1) is 17.4 Å². The lowest BCUT2D eigenvalue weighted by Gasteiger charge is -2.02. The number of benzene rings is 1. The van der Waals surface area contributed by atoms with Crippen LogP contribution in [0.4, 0.5) is 0 Å². The molecule has 0 aliphatic carbocycles. The second-order valence-electron chi connectivity index (χ2n) is 2.96. The zero-order valence-corrected chi connectivity index (χ0v) is 7.84. The highest BCUT2D eigenvalue weighted by atomic mass is 16.2. The number of hydrogen-bond donors (Lipinski definition) is 0. The summed E-state index contributed by atoms with van der Waals surface area (Å²) in [6.45, 7) is 0. The van der Waals surface area contributed by atoms with Crippen molar-refractivity contribution in [2.24, 2.45) is 0 Å². The Balaban J connectivity index is 2.43. The third kappa shape index (κ3) is 1.65. The van der Waals surface area contributed by atoms with Gasteiger partial charge in [0.1, 0.15) is 11.8 Å². The van der Waals surface area contributed by atoms with Gasteiger partial charge in [0.2, 0.25) is 0 Å². The minimum Gasteiger partial charge on any atom is -0.274 e. The first-order valence-electron chi connectivity index (χ1n) is 4.42. The standard InChI is InChI=1S/C12H7N2O/c13-9-11-7-4-8-14(11)12(15)10-5-2-1-3-6-10/h1-6,8H. The van der Waals surface area contributed by atoms with Gasteiger partial charge in [-0.05, 0) is 18.2 Å². The monoisotopic (exact) mass is 195 g/mol. The summed E-state index contributed by atoms with van der Waals surface area (Å²) in [5, 5.41) is 8.75. The van der Waals surface area contributed by atoms with E-state index in [1.165, 1.54) is 10.8 Å². The predicted octanol–water partition coefficient (Wildman–Crippen LogP) is 1.85. The minimum atomic E-state index is -0.214. The zero-order valence-electron chi connectivity index (χ0n) is 7.84. The van der Waals surface area contributed by atoms with Crippen molar-refractivity contribution in [3.8, 4) is 6.07 Å². The maximum Gasteiger partial charge on any atom is 0.262 e. The first-order valence-corrected chi connectivity index (χ1v) is 4.42. The molecule has 0 atom stereocenters. The zero-order chi connectivity index (χ0) is 10.7. The van der Waals surface area contributed by atoms with Crippen LogP contribution in [0.15, 0.2) is 42.6 Å². The minimum absolute atomic E-state index is 0.214. The molecule has 0 aliphatic heterocycles. The van der Waals surface area contributed by atoms with E-state index in [1.807, 2.05) is 12.1 Å². The van der Waals surface area contributed by atoms with Gasteiger partial charge in [-0.15, -0.1) is 0 Å². The van der Waals surface area contributed by atoms with Crippen LogP contribution in [0.2, 0.25) is 0 Å². The van der Waals surface area contributed by atoms with Crippen LogP contribution in [0.3, 0.4) is 0 Å². The Labute approximate surface area is 87.2 Å². The second-order valence-corrected chi connectivity index (χ2v) is 2.96. The summed E-state index contributed by atoms with van der Waals surface area (Å²) >= 11 is 0. The van der Waals surface area contributed by atoms with Crippen molar-refractivity contribution in [1.82, 2.24) is 4.57 Å². The van der Waals surface area contributed by atoms with Gasteiger partial charge in [-0.3, -0.25) is 9.36 Å². The number of aromatic nitrogens is 1. The van der Waals surface area contributed by atoms with Gasteiger partial charge in [0.05, 0.1) is 0 Å². The van der Waals surface area contributed by atoms with Crippen molar-refractivity contribution in [1.29, 1.82) is 5.26 Å². The molecule has 0 spiro atoms. The summed E-state index contributed by atoms with van der Waals surface area (Å²) in [5.74, 6) is -0.214. The van der Waals surface area contributed by atoms with Crippen LogP contribution in [-0.2, 0) is 0 Å². The number of carbonyl (C=O) groups is 1. The number of rotatable bonds is 1. The van der Waals surface area contributed by atoms with E-state index in [9.17, 15) is 4.79 Å². The molecule has 2 aromatic rings. The molecule has 3 nitrogen and oxygen atoms in total. The SMILES string of the molecule is N#Cc1[c]ccn1C(=O)c1ccccc1.